The molecule has 0 spiro atoms. The van der Waals surface area contributed by atoms with Crippen molar-refractivity contribution < 1.29 is 4.74 Å². The topological polar surface area (TPSA) is 97.7 Å². The monoisotopic (exact) mass is 276 g/mol. The average molecular weight is 276 g/mol. The predicted octanol–water partition coefficient (Wildman–Crippen LogP) is 0.0661. The molecule has 106 valence electrons. The first-order valence-corrected chi connectivity index (χ1v) is 6.50. The van der Waals surface area contributed by atoms with Crippen molar-refractivity contribution in [3.05, 3.63) is 33.9 Å². The molecule has 0 saturated heterocycles. The third-order valence-electron chi connectivity index (χ3n) is 3.19. The molecular formula is C12H16N6O2. The minimum Gasteiger partial charge on any atom is -0.377 e. The minimum atomic E-state index is -0.207. The van der Waals surface area contributed by atoms with E-state index in [4.69, 9.17) is 4.74 Å². The number of H-pyrrole nitrogens is 1. The van der Waals surface area contributed by atoms with E-state index < -0.39 is 0 Å². The van der Waals surface area contributed by atoms with Crippen LogP contribution >= 0.6 is 0 Å². The van der Waals surface area contributed by atoms with Gasteiger partial charge in [-0.1, -0.05) is 0 Å². The molecule has 2 aromatic heterocycles. The second-order valence-corrected chi connectivity index (χ2v) is 4.65. The first kappa shape index (κ1) is 12.8. The molecule has 20 heavy (non-hydrogen) atoms. The first-order valence-electron chi connectivity index (χ1n) is 6.50. The Bertz CT molecular complexity index is 662. The van der Waals surface area contributed by atoms with Gasteiger partial charge in [0.15, 0.2) is 5.82 Å². The lowest BCUT2D eigenvalue weighted by Gasteiger charge is -2.07. The fraction of sp³-hybridized carbons (Fsp3) is 0.500. The van der Waals surface area contributed by atoms with Gasteiger partial charge in [-0.2, -0.15) is 0 Å². The first-order chi connectivity index (χ1) is 9.76. The van der Waals surface area contributed by atoms with Crippen molar-refractivity contribution >= 4 is 5.82 Å². The number of aryl methyl sites for hydroxylation is 1. The zero-order valence-corrected chi connectivity index (χ0v) is 11.2. The molecule has 0 bridgehead atoms. The normalized spacial score (nSPS) is 13.4. The second-order valence-electron chi connectivity index (χ2n) is 4.65. The van der Waals surface area contributed by atoms with Crippen LogP contribution in [-0.4, -0.2) is 31.8 Å². The standard InChI is InChI=1S/C12H16N6O2/c1-20-7-9-14-8(5-12(19)15-9)13-6-11-17-16-10-3-2-4-18(10)11/h5H,2-4,6-7H2,1H3,(H2,13,14,15,19). The van der Waals surface area contributed by atoms with E-state index in [2.05, 4.69) is 30.0 Å². The lowest BCUT2D eigenvalue weighted by atomic mass is 10.4. The van der Waals surface area contributed by atoms with Gasteiger partial charge in [-0.25, -0.2) is 4.98 Å². The number of hydrogen-bond donors (Lipinski definition) is 2. The fourth-order valence-corrected chi connectivity index (χ4v) is 2.31. The third-order valence-corrected chi connectivity index (χ3v) is 3.19. The number of aromatic amines is 1. The summed E-state index contributed by atoms with van der Waals surface area (Å²) in [5.74, 6) is 2.90. The number of aromatic nitrogens is 5. The Labute approximate surface area is 115 Å². The van der Waals surface area contributed by atoms with Crippen molar-refractivity contribution in [3.8, 4) is 0 Å². The van der Waals surface area contributed by atoms with Gasteiger partial charge in [0.05, 0.1) is 6.54 Å². The quantitative estimate of drug-likeness (QED) is 0.801. The van der Waals surface area contributed by atoms with Gasteiger partial charge in [-0.05, 0) is 6.42 Å². The highest BCUT2D eigenvalue weighted by Crippen LogP contribution is 2.14. The van der Waals surface area contributed by atoms with E-state index in [1.807, 2.05) is 0 Å². The molecule has 8 nitrogen and oxygen atoms in total. The van der Waals surface area contributed by atoms with Crippen molar-refractivity contribution in [1.29, 1.82) is 0 Å². The Hall–Kier alpha value is -2.22. The van der Waals surface area contributed by atoms with Crippen LogP contribution in [0, 0.1) is 0 Å². The van der Waals surface area contributed by atoms with Crippen LogP contribution in [-0.2, 0) is 30.9 Å². The molecule has 3 heterocycles. The zero-order chi connectivity index (χ0) is 13.9. The fourth-order valence-electron chi connectivity index (χ4n) is 2.31. The molecule has 2 aromatic rings. The lowest BCUT2D eigenvalue weighted by molar-refractivity contribution is 0.177. The van der Waals surface area contributed by atoms with Crippen molar-refractivity contribution in [2.75, 3.05) is 12.4 Å². The molecule has 0 fully saturated rings. The molecule has 0 saturated carbocycles. The van der Waals surface area contributed by atoms with Gasteiger partial charge in [0.25, 0.3) is 5.56 Å². The highest BCUT2D eigenvalue weighted by molar-refractivity contribution is 5.33. The van der Waals surface area contributed by atoms with Crippen LogP contribution in [0.4, 0.5) is 5.82 Å². The molecule has 0 unspecified atom stereocenters. The van der Waals surface area contributed by atoms with E-state index in [0.29, 0.717) is 18.2 Å². The SMILES string of the molecule is COCc1nc(NCc2nnc3n2CCC3)cc(=O)[nH]1. The smallest absolute Gasteiger partial charge is 0.253 e. The van der Waals surface area contributed by atoms with E-state index in [0.717, 1.165) is 31.0 Å². The Morgan fingerprint density at radius 2 is 2.40 bits per heavy atom. The number of rotatable bonds is 5. The molecule has 0 atom stereocenters. The Kier molecular flexibility index (Phi) is 3.46. The van der Waals surface area contributed by atoms with Crippen molar-refractivity contribution in [3.63, 3.8) is 0 Å². The lowest BCUT2D eigenvalue weighted by Crippen LogP contribution is -2.15. The molecule has 1 aliphatic rings. The summed E-state index contributed by atoms with van der Waals surface area (Å²) in [6, 6.07) is 1.42. The van der Waals surface area contributed by atoms with Crippen LogP contribution in [0.3, 0.4) is 0 Å². The molecule has 0 radical (unpaired) electrons. The largest absolute Gasteiger partial charge is 0.377 e. The van der Waals surface area contributed by atoms with Crippen LogP contribution < -0.4 is 10.9 Å². The molecule has 1 aliphatic heterocycles. The molecule has 2 N–H and O–H groups in total. The summed E-state index contributed by atoms with van der Waals surface area (Å²) in [5.41, 5.74) is -0.207. The summed E-state index contributed by atoms with van der Waals surface area (Å²) in [6.45, 7) is 1.72. The highest BCUT2D eigenvalue weighted by atomic mass is 16.5. The van der Waals surface area contributed by atoms with E-state index in [9.17, 15) is 4.79 Å². The Morgan fingerprint density at radius 1 is 1.50 bits per heavy atom. The molecule has 3 rings (SSSR count). The maximum atomic E-state index is 11.5. The van der Waals surface area contributed by atoms with E-state index in [1.165, 1.54) is 6.07 Å². The summed E-state index contributed by atoms with van der Waals surface area (Å²) >= 11 is 0. The van der Waals surface area contributed by atoms with E-state index >= 15 is 0 Å². The summed E-state index contributed by atoms with van der Waals surface area (Å²) in [4.78, 5) is 18.4. The molecule has 8 heteroatoms. The number of hydrogen-bond acceptors (Lipinski definition) is 6. The van der Waals surface area contributed by atoms with Gasteiger partial charge < -0.3 is 19.6 Å². The maximum absolute atomic E-state index is 11.5. The van der Waals surface area contributed by atoms with E-state index in [-0.39, 0.29) is 12.2 Å². The molecule has 0 aliphatic carbocycles. The number of ether oxygens (including phenoxy) is 1. The molecular weight excluding hydrogens is 260 g/mol. The summed E-state index contributed by atoms with van der Waals surface area (Å²) in [7, 11) is 1.56. The zero-order valence-electron chi connectivity index (χ0n) is 11.2. The Balaban J connectivity index is 1.73. The van der Waals surface area contributed by atoms with Gasteiger partial charge in [-0.3, -0.25) is 4.79 Å². The van der Waals surface area contributed by atoms with Crippen molar-refractivity contribution in [2.45, 2.75) is 32.5 Å². The van der Waals surface area contributed by atoms with Gasteiger partial charge in [0.2, 0.25) is 0 Å². The second kappa shape index (κ2) is 5.41. The van der Waals surface area contributed by atoms with Crippen LogP contribution in [0.25, 0.3) is 0 Å². The number of nitrogens with one attached hydrogen (secondary N) is 2. The third kappa shape index (κ3) is 2.55. The van der Waals surface area contributed by atoms with Crippen LogP contribution in [0.15, 0.2) is 10.9 Å². The number of anilines is 1. The highest BCUT2D eigenvalue weighted by Gasteiger charge is 2.16. The molecule has 0 aromatic carbocycles. The number of fused-ring (bicyclic) bond motifs is 1. The number of nitrogens with zero attached hydrogens (tertiary/aromatic N) is 4. The summed E-state index contributed by atoms with van der Waals surface area (Å²) < 4.78 is 7.07. The van der Waals surface area contributed by atoms with Gasteiger partial charge in [0.1, 0.15) is 24.1 Å². The van der Waals surface area contributed by atoms with Gasteiger partial charge >= 0.3 is 0 Å². The van der Waals surface area contributed by atoms with Gasteiger partial charge in [0, 0.05) is 26.1 Å². The van der Waals surface area contributed by atoms with Crippen molar-refractivity contribution in [2.24, 2.45) is 0 Å². The average Bonchev–Trinajstić information content (AvgIpc) is 2.99. The predicted molar refractivity (Wildman–Crippen MR) is 71.2 cm³/mol. The van der Waals surface area contributed by atoms with Crippen LogP contribution in [0.2, 0.25) is 0 Å². The minimum absolute atomic E-state index is 0.207. The Morgan fingerprint density at radius 3 is 3.25 bits per heavy atom. The summed E-state index contributed by atoms with van der Waals surface area (Å²) in [6.07, 6.45) is 2.09. The van der Waals surface area contributed by atoms with Crippen molar-refractivity contribution in [1.82, 2.24) is 24.7 Å². The summed E-state index contributed by atoms with van der Waals surface area (Å²) in [5, 5.41) is 11.4. The number of methoxy groups -OCH3 is 1. The van der Waals surface area contributed by atoms with Gasteiger partial charge in [-0.15, -0.1) is 10.2 Å². The van der Waals surface area contributed by atoms with Crippen LogP contribution in [0.1, 0.15) is 23.9 Å². The van der Waals surface area contributed by atoms with Crippen LogP contribution in [0.5, 0.6) is 0 Å². The molecule has 0 amide bonds. The van der Waals surface area contributed by atoms with E-state index in [1.54, 1.807) is 7.11 Å². The maximum Gasteiger partial charge on any atom is 0.253 e.